The van der Waals surface area contributed by atoms with Crippen LogP contribution in [0.25, 0.3) is 10.8 Å². The van der Waals surface area contributed by atoms with Crippen LogP contribution in [0.15, 0.2) is 36.7 Å². The number of alkyl carbamates (subject to hydrolysis) is 1. The van der Waals surface area contributed by atoms with Crippen LogP contribution in [-0.4, -0.2) is 30.8 Å². The number of rotatable bonds is 4. The van der Waals surface area contributed by atoms with Crippen LogP contribution < -0.4 is 9.88 Å². The van der Waals surface area contributed by atoms with Gasteiger partial charge < -0.3 is 14.8 Å². The number of amides is 1. The Morgan fingerprint density at radius 1 is 1.20 bits per heavy atom. The van der Waals surface area contributed by atoms with Crippen LogP contribution in [0.1, 0.15) is 26.3 Å². The molecule has 1 N–H and O–H groups in total. The molecule has 1 heterocycles. The Morgan fingerprint density at radius 3 is 2.56 bits per heavy atom. The number of hydrogen-bond donors (Lipinski definition) is 1. The number of carbonyl (C=O) groups excluding carboxylic acids is 2. The fourth-order valence-electron chi connectivity index (χ4n) is 2.49. The van der Waals surface area contributed by atoms with E-state index in [1.807, 2.05) is 48.3 Å². The summed E-state index contributed by atoms with van der Waals surface area (Å²) in [6.07, 6.45) is 3.66. The van der Waals surface area contributed by atoms with Crippen LogP contribution in [0.3, 0.4) is 0 Å². The quantitative estimate of drug-likeness (QED) is 0.682. The van der Waals surface area contributed by atoms with E-state index in [1.165, 1.54) is 7.11 Å². The summed E-state index contributed by atoms with van der Waals surface area (Å²) in [7, 11) is 3.26. The molecule has 0 fully saturated rings. The minimum atomic E-state index is -0.808. The van der Waals surface area contributed by atoms with Crippen molar-refractivity contribution >= 4 is 22.8 Å². The maximum Gasteiger partial charge on any atom is 0.408 e. The van der Waals surface area contributed by atoms with Gasteiger partial charge in [0.25, 0.3) is 0 Å². The summed E-state index contributed by atoms with van der Waals surface area (Å²) < 4.78 is 12.0. The number of fused-ring (bicyclic) bond motifs is 1. The average molecular weight is 345 g/mol. The first-order valence-electron chi connectivity index (χ1n) is 8.13. The monoisotopic (exact) mass is 345 g/mol. The standard InChI is InChI=1S/C19H24N2O4/c1-19(2,3)25-18(23)20-16(17(22)24-5)11-13-6-7-15-12-21(4)9-8-14(15)10-13/h6-10,12,16H,11H2,1-5H3/p+1/t16-/m0/s1. The molecule has 0 bridgehead atoms. The largest absolute Gasteiger partial charge is 0.467 e. The molecule has 0 unspecified atom stereocenters. The number of nitrogens with zero attached hydrogens (tertiary/aromatic N) is 1. The molecule has 1 aromatic carbocycles. The summed E-state index contributed by atoms with van der Waals surface area (Å²) >= 11 is 0. The Labute approximate surface area is 147 Å². The van der Waals surface area contributed by atoms with E-state index < -0.39 is 23.7 Å². The first kappa shape index (κ1) is 18.7. The fraction of sp³-hybridized carbons (Fsp3) is 0.421. The summed E-state index contributed by atoms with van der Waals surface area (Å²) in [5, 5.41) is 4.76. The SMILES string of the molecule is COC(=O)[C@H](Cc1ccc2c[n+](C)ccc2c1)NC(=O)OC(C)(C)C. The van der Waals surface area contributed by atoms with Gasteiger partial charge in [-0.05, 0) is 37.8 Å². The molecule has 2 rings (SSSR count). The highest BCUT2D eigenvalue weighted by atomic mass is 16.6. The van der Waals surface area contributed by atoms with Crippen LogP contribution in [0, 0.1) is 0 Å². The zero-order valence-corrected chi connectivity index (χ0v) is 15.3. The summed E-state index contributed by atoms with van der Waals surface area (Å²) in [5.41, 5.74) is 0.288. The number of pyridine rings is 1. The average Bonchev–Trinajstić information content (AvgIpc) is 2.51. The molecule has 1 atom stereocenters. The number of ether oxygens (including phenoxy) is 2. The molecule has 134 valence electrons. The molecule has 0 aliphatic rings. The van der Waals surface area contributed by atoms with Crippen LogP contribution in [0.2, 0.25) is 0 Å². The van der Waals surface area contributed by atoms with E-state index in [9.17, 15) is 9.59 Å². The normalized spacial score (nSPS) is 12.5. The number of nitrogens with one attached hydrogen (secondary N) is 1. The molecule has 0 saturated carbocycles. The molecule has 1 aromatic heterocycles. The molecule has 0 radical (unpaired) electrons. The zero-order chi connectivity index (χ0) is 18.6. The molecule has 25 heavy (non-hydrogen) atoms. The van der Waals surface area contributed by atoms with Gasteiger partial charge in [0, 0.05) is 17.9 Å². The van der Waals surface area contributed by atoms with Crippen molar-refractivity contribution in [2.75, 3.05) is 7.11 Å². The van der Waals surface area contributed by atoms with Gasteiger partial charge in [-0.25, -0.2) is 14.2 Å². The molecule has 6 heteroatoms. The minimum Gasteiger partial charge on any atom is -0.467 e. The maximum atomic E-state index is 12.0. The number of aryl methyl sites for hydroxylation is 1. The number of esters is 1. The van der Waals surface area contributed by atoms with E-state index in [2.05, 4.69) is 5.32 Å². The topological polar surface area (TPSA) is 68.5 Å². The van der Waals surface area contributed by atoms with Gasteiger partial charge in [0.05, 0.1) is 7.11 Å². The summed E-state index contributed by atoms with van der Waals surface area (Å²) in [5.74, 6) is -0.509. The van der Waals surface area contributed by atoms with Crippen molar-refractivity contribution in [2.24, 2.45) is 7.05 Å². The number of aromatic nitrogens is 1. The van der Waals surface area contributed by atoms with Gasteiger partial charge >= 0.3 is 12.1 Å². The summed E-state index contributed by atoms with van der Waals surface area (Å²) in [6, 6.07) is 7.13. The van der Waals surface area contributed by atoms with Crippen LogP contribution in [-0.2, 0) is 27.7 Å². The first-order valence-corrected chi connectivity index (χ1v) is 8.13. The van der Waals surface area contributed by atoms with Gasteiger partial charge in [-0.3, -0.25) is 0 Å². The van der Waals surface area contributed by atoms with Crippen LogP contribution >= 0.6 is 0 Å². The Hall–Kier alpha value is -2.63. The van der Waals surface area contributed by atoms with E-state index >= 15 is 0 Å². The zero-order valence-electron chi connectivity index (χ0n) is 15.3. The van der Waals surface area contributed by atoms with Crippen molar-refractivity contribution in [3.63, 3.8) is 0 Å². The van der Waals surface area contributed by atoms with E-state index in [-0.39, 0.29) is 0 Å². The molecule has 0 aliphatic carbocycles. The Bertz CT molecular complexity index is 781. The van der Waals surface area contributed by atoms with Crippen molar-refractivity contribution in [3.05, 3.63) is 42.2 Å². The fourth-order valence-corrected chi connectivity index (χ4v) is 2.49. The molecule has 2 aromatic rings. The smallest absolute Gasteiger partial charge is 0.408 e. The van der Waals surface area contributed by atoms with Crippen molar-refractivity contribution < 1.29 is 23.6 Å². The van der Waals surface area contributed by atoms with E-state index in [0.29, 0.717) is 6.42 Å². The second-order valence-corrected chi connectivity index (χ2v) is 7.00. The molecule has 0 spiro atoms. The lowest BCUT2D eigenvalue weighted by Crippen LogP contribution is -2.45. The maximum absolute atomic E-state index is 12.0. The lowest BCUT2D eigenvalue weighted by Gasteiger charge is -2.22. The lowest BCUT2D eigenvalue weighted by atomic mass is 10.0. The van der Waals surface area contributed by atoms with E-state index in [0.717, 1.165) is 16.3 Å². The molecule has 6 nitrogen and oxygen atoms in total. The van der Waals surface area contributed by atoms with E-state index in [1.54, 1.807) is 20.8 Å². The van der Waals surface area contributed by atoms with Crippen molar-refractivity contribution in [1.82, 2.24) is 5.32 Å². The molecule has 0 aliphatic heterocycles. The molecular weight excluding hydrogens is 320 g/mol. The van der Waals surface area contributed by atoms with Crippen LogP contribution in [0.5, 0.6) is 0 Å². The van der Waals surface area contributed by atoms with Gasteiger partial charge in [-0.1, -0.05) is 12.1 Å². The third kappa shape index (κ3) is 5.45. The second kappa shape index (κ2) is 7.51. The molecular formula is C19H25N2O4+. The van der Waals surface area contributed by atoms with Gasteiger partial charge in [-0.2, -0.15) is 0 Å². The van der Waals surface area contributed by atoms with Gasteiger partial charge in [0.2, 0.25) is 0 Å². The predicted octanol–water partition coefficient (Wildman–Crippen LogP) is 2.27. The van der Waals surface area contributed by atoms with Gasteiger partial charge in [0.15, 0.2) is 12.4 Å². The number of methoxy groups -OCH3 is 1. The summed E-state index contributed by atoms with van der Waals surface area (Å²) in [6.45, 7) is 5.30. The third-order valence-electron chi connectivity index (χ3n) is 3.60. The molecule has 1 amide bonds. The summed E-state index contributed by atoms with van der Waals surface area (Å²) in [4.78, 5) is 24.0. The van der Waals surface area contributed by atoms with Crippen molar-refractivity contribution in [1.29, 1.82) is 0 Å². The Kier molecular flexibility index (Phi) is 5.62. The second-order valence-electron chi connectivity index (χ2n) is 7.00. The predicted molar refractivity (Wildman–Crippen MR) is 94.0 cm³/mol. The first-order chi connectivity index (χ1) is 11.7. The van der Waals surface area contributed by atoms with Gasteiger partial charge in [-0.15, -0.1) is 0 Å². The van der Waals surface area contributed by atoms with Crippen molar-refractivity contribution in [3.8, 4) is 0 Å². The highest BCUT2D eigenvalue weighted by molar-refractivity contribution is 5.83. The molecule has 0 saturated heterocycles. The van der Waals surface area contributed by atoms with Gasteiger partial charge in [0.1, 0.15) is 18.7 Å². The Balaban J connectivity index is 2.17. The number of benzene rings is 1. The highest BCUT2D eigenvalue weighted by Crippen LogP contribution is 2.16. The van der Waals surface area contributed by atoms with E-state index in [4.69, 9.17) is 9.47 Å². The number of carbonyl (C=O) groups is 2. The van der Waals surface area contributed by atoms with Crippen LogP contribution in [0.4, 0.5) is 4.79 Å². The highest BCUT2D eigenvalue weighted by Gasteiger charge is 2.25. The van der Waals surface area contributed by atoms with Crippen molar-refractivity contribution in [2.45, 2.75) is 38.8 Å². The lowest BCUT2D eigenvalue weighted by molar-refractivity contribution is -0.670. The minimum absolute atomic E-state index is 0.322. The Morgan fingerprint density at radius 2 is 1.92 bits per heavy atom. The third-order valence-corrected chi connectivity index (χ3v) is 3.60. The number of hydrogen-bond acceptors (Lipinski definition) is 4.